The van der Waals surface area contributed by atoms with Crippen LogP contribution in [0.5, 0.6) is 0 Å². The second-order valence-electron chi connectivity index (χ2n) is 5.36. The molecular weight excluding hydrogens is 280 g/mol. The number of benzene rings is 1. The Morgan fingerprint density at radius 1 is 1.18 bits per heavy atom. The molecule has 0 atom stereocenters. The van der Waals surface area contributed by atoms with Crippen LogP contribution >= 0.6 is 0 Å². The van der Waals surface area contributed by atoms with Crippen LogP contribution in [0.2, 0.25) is 0 Å². The van der Waals surface area contributed by atoms with Crippen LogP contribution in [0.15, 0.2) is 36.5 Å². The van der Waals surface area contributed by atoms with Gasteiger partial charge in [-0.1, -0.05) is 24.3 Å². The average Bonchev–Trinajstić information content (AvgIpc) is 3.09. The maximum Gasteiger partial charge on any atom is 0.269 e. The standard InChI is InChI=1S/C16H20N4O2/c21-16(15-5-6-18-19-15)17-11-13-1-3-14(4-2-13)12-20-7-9-22-10-8-20/h1-6H,7-12H2,(H,17,21)(H,18,19). The largest absolute Gasteiger partial charge is 0.379 e. The number of aromatic amines is 1. The molecule has 6 heteroatoms. The Hall–Kier alpha value is -2.18. The van der Waals surface area contributed by atoms with Gasteiger partial charge in [0.25, 0.3) is 5.91 Å². The van der Waals surface area contributed by atoms with Crippen LogP contribution in [0.25, 0.3) is 0 Å². The Bertz CT molecular complexity index is 589. The van der Waals surface area contributed by atoms with Gasteiger partial charge in [-0.3, -0.25) is 14.8 Å². The van der Waals surface area contributed by atoms with Gasteiger partial charge >= 0.3 is 0 Å². The third kappa shape index (κ3) is 3.93. The zero-order chi connectivity index (χ0) is 15.2. The Morgan fingerprint density at radius 2 is 1.91 bits per heavy atom. The van der Waals surface area contributed by atoms with Gasteiger partial charge in [0.2, 0.25) is 0 Å². The Kier molecular flexibility index (Phi) is 4.82. The molecule has 22 heavy (non-hydrogen) atoms. The van der Waals surface area contributed by atoms with Crippen molar-refractivity contribution in [2.45, 2.75) is 13.1 Å². The molecule has 0 saturated carbocycles. The summed E-state index contributed by atoms with van der Waals surface area (Å²) in [5, 5.41) is 9.28. The number of carbonyl (C=O) groups is 1. The topological polar surface area (TPSA) is 70.2 Å². The molecule has 6 nitrogen and oxygen atoms in total. The number of aromatic nitrogens is 2. The van der Waals surface area contributed by atoms with Crippen molar-refractivity contribution in [1.82, 2.24) is 20.4 Å². The zero-order valence-electron chi connectivity index (χ0n) is 12.4. The lowest BCUT2D eigenvalue weighted by Gasteiger charge is -2.26. The maximum atomic E-state index is 11.8. The highest BCUT2D eigenvalue weighted by Gasteiger charge is 2.10. The molecule has 2 heterocycles. The van der Waals surface area contributed by atoms with Crippen LogP contribution in [-0.2, 0) is 17.8 Å². The molecule has 0 spiro atoms. The van der Waals surface area contributed by atoms with Gasteiger partial charge in [-0.05, 0) is 17.2 Å². The van der Waals surface area contributed by atoms with Gasteiger partial charge in [-0.15, -0.1) is 0 Å². The van der Waals surface area contributed by atoms with Gasteiger partial charge in [-0.25, -0.2) is 0 Å². The molecule has 2 aromatic rings. The molecule has 0 radical (unpaired) electrons. The van der Waals surface area contributed by atoms with Crippen molar-refractivity contribution >= 4 is 5.91 Å². The molecule has 1 aliphatic heterocycles. The van der Waals surface area contributed by atoms with E-state index in [-0.39, 0.29) is 5.91 Å². The monoisotopic (exact) mass is 300 g/mol. The molecule has 3 rings (SSSR count). The zero-order valence-corrected chi connectivity index (χ0v) is 12.4. The van der Waals surface area contributed by atoms with E-state index in [0.717, 1.165) is 38.4 Å². The average molecular weight is 300 g/mol. The number of ether oxygens (including phenoxy) is 1. The summed E-state index contributed by atoms with van der Waals surface area (Å²) in [5.41, 5.74) is 2.84. The van der Waals surface area contributed by atoms with Crippen molar-refractivity contribution in [3.05, 3.63) is 53.3 Å². The van der Waals surface area contributed by atoms with Gasteiger partial charge < -0.3 is 10.1 Å². The minimum absolute atomic E-state index is 0.144. The van der Waals surface area contributed by atoms with Crippen molar-refractivity contribution in [2.24, 2.45) is 0 Å². The number of hydrogen-bond acceptors (Lipinski definition) is 4. The van der Waals surface area contributed by atoms with E-state index >= 15 is 0 Å². The van der Waals surface area contributed by atoms with Crippen molar-refractivity contribution in [3.63, 3.8) is 0 Å². The maximum absolute atomic E-state index is 11.8. The molecular formula is C16H20N4O2. The van der Waals surface area contributed by atoms with Crippen LogP contribution in [0.1, 0.15) is 21.6 Å². The van der Waals surface area contributed by atoms with Crippen molar-refractivity contribution in [1.29, 1.82) is 0 Å². The second kappa shape index (κ2) is 7.20. The SMILES string of the molecule is O=C(NCc1ccc(CN2CCOCC2)cc1)c1ccn[nH]1. The molecule has 1 aromatic carbocycles. The number of nitrogens with one attached hydrogen (secondary N) is 2. The van der Waals surface area contributed by atoms with Crippen LogP contribution < -0.4 is 5.32 Å². The van der Waals surface area contributed by atoms with Crippen molar-refractivity contribution in [3.8, 4) is 0 Å². The van der Waals surface area contributed by atoms with Crippen LogP contribution in [0.4, 0.5) is 0 Å². The van der Waals surface area contributed by atoms with E-state index in [1.54, 1.807) is 12.3 Å². The molecule has 1 aliphatic rings. The smallest absolute Gasteiger partial charge is 0.269 e. The van der Waals surface area contributed by atoms with Gasteiger partial charge in [0.15, 0.2) is 0 Å². The minimum atomic E-state index is -0.144. The molecule has 0 aliphatic carbocycles. The fourth-order valence-corrected chi connectivity index (χ4v) is 2.44. The highest BCUT2D eigenvalue weighted by molar-refractivity contribution is 5.91. The number of morpholine rings is 1. The summed E-state index contributed by atoms with van der Waals surface area (Å²) < 4.78 is 5.35. The first-order valence-corrected chi connectivity index (χ1v) is 7.47. The molecule has 116 valence electrons. The fraction of sp³-hybridized carbons (Fsp3) is 0.375. The summed E-state index contributed by atoms with van der Waals surface area (Å²) >= 11 is 0. The molecule has 0 bridgehead atoms. The summed E-state index contributed by atoms with van der Waals surface area (Å²) in [6, 6.07) is 10.0. The number of nitrogens with zero attached hydrogens (tertiary/aromatic N) is 2. The minimum Gasteiger partial charge on any atom is -0.379 e. The molecule has 2 N–H and O–H groups in total. The van der Waals surface area contributed by atoms with Gasteiger partial charge in [0, 0.05) is 32.4 Å². The number of amides is 1. The van der Waals surface area contributed by atoms with Gasteiger partial charge in [-0.2, -0.15) is 5.10 Å². The lowest BCUT2D eigenvalue weighted by atomic mass is 10.1. The predicted molar refractivity (Wildman–Crippen MR) is 82.3 cm³/mol. The first kappa shape index (κ1) is 14.7. The lowest BCUT2D eigenvalue weighted by Crippen LogP contribution is -2.35. The van der Waals surface area contributed by atoms with Gasteiger partial charge in [0.05, 0.1) is 13.2 Å². The molecule has 1 fully saturated rings. The Morgan fingerprint density at radius 3 is 2.59 bits per heavy atom. The summed E-state index contributed by atoms with van der Waals surface area (Å²) in [4.78, 5) is 14.2. The van der Waals surface area contributed by atoms with E-state index in [1.807, 2.05) is 0 Å². The third-order valence-corrected chi connectivity index (χ3v) is 3.73. The van der Waals surface area contributed by atoms with Crippen LogP contribution in [-0.4, -0.2) is 47.3 Å². The number of hydrogen-bond donors (Lipinski definition) is 2. The molecule has 0 unspecified atom stereocenters. The van der Waals surface area contributed by atoms with Crippen LogP contribution in [0, 0.1) is 0 Å². The molecule has 1 aromatic heterocycles. The normalized spacial score (nSPS) is 15.6. The third-order valence-electron chi connectivity index (χ3n) is 3.73. The van der Waals surface area contributed by atoms with Crippen molar-refractivity contribution < 1.29 is 9.53 Å². The van der Waals surface area contributed by atoms with Gasteiger partial charge in [0.1, 0.15) is 5.69 Å². The Labute approximate surface area is 129 Å². The summed E-state index contributed by atoms with van der Waals surface area (Å²) in [6.07, 6.45) is 1.56. The van der Waals surface area contributed by atoms with Crippen molar-refractivity contribution in [2.75, 3.05) is 26.3 Å². The first-order chi connectivity index (χ1) is 10.8. The lowest BCUT2D eigenvalue weighted by molar-refractivity contribution is 0.0342. The number of carbonyl (C=O) groups excluding carboxylic acids is 1. The van der Waals surface area contributed by atoms with Crippen LogP contribution in [0.3, 0.4) is 0 Å². The van der Waals surface area contributed by atoms with E-state index < -0.39 is 0 Å². The highest BCUT2D eigenvalue weighted by atomic mass is 16.5. The number of rotatable bonds is 5. The second-order valence-corrected chi connectivity index (χ2v) is 5.36. The van der Waals surface area contributed by atoms with E-state index in [9.17, 15) is 4.79 Å². The molecule has 1 amide bonds. The Balaban J connectivity index is 1.49. The number of H-pyrrole nitrogens is 1. The summed E-state index contributed by atoms with van der Waals surface area (Å²) in [7, 11) is 0. The summed E-state index contributed by atoms with van der Waals surface area (Å²) in [6.45, 7) is 5.07. The van der Waals surface area contributed by atoms with E-state index in [4.69, 9.17) is 4.74 Å². The van der Waals surface area contributed by atoms with E-state index in [2.05, 4.69) is 44.7 Å². The fourth-order valence-electron chi connectivity index (χ4n) is 2.44. The summed E-state index contributed by atoms with van der Waals surface area (Å²) in [5.74, 6) is -0.144. The molecule has 1 saturated heterocycles. The first-order valence-electron chi connectivity index (χ1n) is 7.47. The highest BCUT2D eigenvalue weighted by Crippen LogP contribution is 2.09. The predicted octanol–water partition coefficient (Wildman–Crippen LogP) is 1.17. The quantitative estimate of drug-likeness (QED) is 0.870. The van der Waals surface area contributed by atoms with E-state index in [1.165, 1.54) is 5.56 Å². The van der Waals surface area contributed by atoms with E-state index in [0.29, 0.717) is 12.2 Å².